The maximum absolute atomic E-state index is 6.07. The van der Waals surface area contributed by atoms with Crippen molar-refractivity contribution in [2.45, 2.75) is 38.6 Å². The van der Waals surface area contributed by atoms with Crippen LogP contribution in [0, 0.1) is 9.49 Å². The molecule has 4 heteroatoms. The van der Waals surface area contributed by atoms with Crippen LogP contribution in [0.25, 0.3) is 11.0 Å². The maximum Gasteiger partial charge on any atom is 0.201 e. The molecule has 3 rings (SSSR count). The smallest absolute Gasteiger partial charge is 0.201 e. The fourth-order valence-electron chi connectivity index (χ4n) is 2.94. The van der Waals surface area contributed by atoms with E-state index in [1.54, 1.807) is 0 Å². The van der Waals surface area contributed by atoms with E-state index in [0.717, 1.165) is 18.0 Å². The first-order valence-electron chi connectivity index (χ1n) is 6.65. The van der Waals surface area contributed by atoms with Gasteiger partial charge in [0.1, 0.15) is 0 Å². The minimum atomic E-state index is 0.664. The van der Waals surface area contributed by atoms with Crippen LogP contribution < -0.4 is 5.73 Å². The van der Waals surface area contributed by atoms with Gasteiger partial charge in [0.2, 0.25) is 5.95 Å². The van der Waals surface area contributed by atoms with Crippen LogP contribution in [0.4, 0.5) is 5.95 Å². The Kier molecular flexibility index (Phi) is 3.46. The van der Waals surface area contributed by atoms with Crippen molar-refractivity contribution < 1.29 is 0 Å². The van der Waals surface area contributed by atoms with Crippen LogP contribution in [0.1, 0.15) is 32.1 Å². The summed E-state index contributed by atoms with van der Waals surface area (Å²) in [7, 11) is 0. The highest BCUT2D eigenvalue weighted by molar-refractivity contribution is 14.1. The largest absolute Gasteiger partial charge is 0.369 e. The number of hydrogen-bond donors (Lipinski definition) is 1. The summed E-state index contributed by atoms with van der Waals surface area (Å²) in [4.78, 5) is 4.48. The average Bonchev–Trinajstić information content (AvgIpc) is 2.66. The standard InChI is InChI=1S/C14H18IN3/c15-11-6-7-13-12(8-11)17-14(16)18(13)9-10-4-2-1-3-5-10/h6-8,10H,1-5,9H2,(H2,16,17). The Morgan fingerprint density at radius 1 is 1.28 bits per heavy atom. The van der Waals surface area contributed by atoms with Gasteiger partial charge in [-0.2, -0.15) is 0 Å². The highest BCUT2D eigenvalue weighted by Crippen LogP contribution is 2.28. The summed E-state index contributed by atoms with van der Waals surface area (Å²) in [6, 6.07) is 6.37. The first kappa shape index (κ1) is 12.3. The molecule has 1 aromatic heterocycles. The number of hydrogen-bond acceptors (Lipinski definition) is 2. The molecule has 0 saturated heterocycles. The Bertz CT molecular complexity index is 555. The second-order valence-electron chi connectivity index (χ2n) is 5.22. The van der Waals surface area contributed by atoms with Crippen LogP contribution >= 0.6 is 22.6 Å². The first-order chi connectivity index (χ1) is 8.74. The van der Waals surface area contributed by atoms with E-state index in [1.807, 2.05) is 0 Å². The highest BCUT2D eigenvalue weighted by atomic mass is 127. The molecule has 0 radical (unpaired) electrons. The molecule has 1 heterocycles. The van der Waals surface area contributed by atoms with Crippen molar-refractivity contribution in [1.82, 2.24) is 9.55 Å². The van der Waals surface area contributed by atoms with Crippen molar-refractivity contribution in [3.63, 3.8) is 0 Å². The zero-order valence-electron chi connectivity index (χ0n) is 10.4. The van der Waals surface area contributed by atoms with Crippen molar-refractivity contribution in [2.24, 2.45) is 5.92 Å². The summed E-state index contributed by atoms with van der Waals surface area (Å²) in [6.07, 6.45) is 6.81. The SMILES string of the molecule is Nc1nc2cc(I)ccc2n1CC1CCCCC1. The number of rotatable bonds is 2. The van der Waals surface area contributed by atoms with Gasteiger partial charge in [-0.1, -0.05) is 19.3 Å². The Morgan fingerprint density at radius 2 is 2.06 bits per heavy atom. The number of anilines is 1. The van der Waals surface area contributed by atoms with Gasteiger partial charge in [0, 0.05) is 10.1 Å². The monoisotopic (exact) mass is 355 g/mol. The molecule has 18 heavy (non-hydrogen) atoms. The summed E-state index contributed by atoms with van der Waals surface area (Å²) in [5.74, 6) is 1.44. The molecular formula is C14H18IN3. The number of aromatic nitrogens is 2. The molecule has 0 aliphatic heterocycles. The van der Waals surface area contributed by atoms with Crippen molar-refractivity contribution in [2.75, 3.05) is 5.73 Å². The zero-order chi connectivity index (χ0) is 12.5. The van der Waals surface area contributed by atoms with Gasteiger partial charge in [-0.3, -0.25) is 0 Å². The van der Waals surface area contributed by atoms with Gasteiger partial charge in [0.15, 0.2) is 0 Å². The molecule has 96 valence electrons. The van der Waals surface area contributed by atoms with E-state index in [1.165, 1.54) is 41.2 Å². The van der Waals surface area contributed by atoms with E-state index in [-0.39, 0.29) is 0 Å². The highest BCUT2D eigenvalue weighted by Gasteiger charge is 2.17. The molecule has 0 amide bonds. The van der Waals surface area contributed by atoms with Gasteiger partial charge >= 0.3 is 0 Å². The Labute approximate surface area is 121 Å². The molecule has 3 nitrogen and oxygen atoms in total. The molecule has 2 N–H and O–H groups in total. The molecule has 1 aromatic carbocycles. The van der Waals surface area contributed by atoms with E-state index in [0.29, 0.717) is 5.95 Å². The normalized spacial score (nSPS) is 17.4. The van der Waals surface area contributed by atoms with E-state index in [4.69, 9.17) is 5.73 Å². The van der Waals surface area contributed by atoms with Crippen LogP contribution in [0.2, 0.25) is 0 Å². The molecule has 0 bridgehead atoms. The predicted octanol–water partition coefficient (Wildman–Crippen LogP) is 3.80. The van der Waals surface area contributed by atoms with Crippen molar-refractivity contribution in [3.05, 3.63) is 21.8 Å². The second-order valence-corrected chi connectivity index (χ2v) is 6.46. The molecule has 1 fully saturated rings. The number of halogens is 1. The molecule has 1 saturated carbocycles. The molecule has 0 atom stereocenters. The average molecular weight is 355 g/mol. The van der Waals surface area contributed by atoms with Crippen LogP contribution in [-0.4, -0.2) is 9.55 Å². The van der Waals surface area contributed by atoms with E-state index < -0.39 is 0 Å². The lowest BCUT2D eigenvalue weighted by Crippen LogP contribution is -2.15. The van der Waals surface area contributed by atoms with E-state index in [2.05, 4.69) is 50.3 Å². The third-order valence-electron chi connectivity index (χ3n) is 3.91. The van der Waals surface area contributed by atoms with Gasteiger partial charge < -0.3 is 10.3 Å². The lowest BCUT2D eigenvalue weighted by Gasteiger charge is -2.22. The zero-order valence-corrected chi connectivity index (χ0v) is 12.6. The lowest BCUT2D eigenvalue weighted by molar-refractivity contribution is 0.323. The summed E-state index contributed by atoms with van der Waals surface area (Å²) in [6.45, 7) is 1.03. The van der Waals surface area contributed by atoms with E-state index in [9.17, 15) is 0 Å². The molecule has 0 unspecified atom stereocenters. The Morgan fingerprint density at radius 3 is 2.83 bits per heavy atom. The van der Waals surface area contributed by atoms with Gasteiger partial charge in [-0.25, -0.2) is 4.98 Å². The second kappa shape index (κ2) is 5.07. The summed E-state index contributed by atoms with van der Waals surface area (Å²) in [5, 5.41) is 0. The number of nitrogens with two attached hydrogens (primary N) is 1. The number of nitrogens with zero attached hydrogens (tertiary/aromatic N) is 2. The quantitative estimate of drug-likeness (QED) is 0.833. The van der Waals surface area contributed by atoms with Crippen molar-refractivity contribution in [1.29, 1.82) is 0 Å². The molecule has 2 aromatic rings. The molecular weight excluding hydrogens is 337 g/mol. The van der Waals surface area contributed by atoms with E-state index >= 15 is 0 Å². The van der Waals surface area contributed by atoms with Gasteiger partial charge in [0.05, 0.1) is 11.0 Å². The number of fused-ring (bicyclic) bond motifs is 1. The fraction of sp³-hybridized carbons (Fsp3) is 0.500. The number of benzene rings is 1. The van der Waals surface area contributed by atoms with Crippen molar-refractivity contribution >= 4 is 39.6 Å². The van der Waals surface area contributed by atoms with Gasteiger partial charge in [0.25, 0.3) is 0 Å². The fourth-order valence-corrected chi connectivity index (χ4v) is 3.42. The Hall–Kier alpha value is -0.780. The van der Waals surface area contributed by atoms with Crippen LogP contribution in [0.15, 0.2) is 18.2 Å². The molecule has 0 spiro atoms. The van der Waals surface area contributed by atoms with Gasteiger partial charge in [-0.15, -0.1) is 0 Å². The Balaban J connectivity index is 1.92. The van der Waals surface area contributed by atoms with Crippen LogP contribution in [-0.2, 0) is 6.54 Å². The summed E-state index contributed by atoms with van der Waals surface area (Å²) >= 11 is 2.31. The first-order valence-corrected chi connectivity index (χ1v) is 7.73. The van der Waals surface area contributed by atoms with Gasteiger partial charge in [-0.05, 0) is 59.5 Å². The third kappa shape index (κ3) is 2.35. The summed E-state index contributed by atoms with van der Waals surface area (Å²) < 4.78 is 3.41. The predicted molar refractivity (Wildman–Crippen MR) is 83.4 cm³/mol. The number of imidazole rings is 1. The molecule has 1 aliphatic rings. The topological polar surface area (TPSA) is 43.8 Å². The van der Waals surface area contributed by atoms with Crippen LogP contribution in [0.5, 0.6) is 0 Å². The lowest BCUT2D eigenvalue weighted by atomic mass is 9.89. The number of nitrogen functional groups attached to an aromatic ring is 1. The van der Waals surface area contributed by atoms with Crippen molar-refractivity contribution in [3.8, 4) is 0 Å². The maximum atomic E-state index is 6.07. The minimum absolute atomic E-state index is 0.664. The third-order valence-corrected chi connectivity index (χ3v) is 4.58. The summed E-state index contributed by atoms with van der Waals surface area (Å²) in [5.41, 5.74) is 8.27. The van der Waals surface area contributed by atoms with Crippen LogP contribution in [0.3, 0.4) is 0 Å². The molecule has 1 aliphatic carbocycles. The minimum Gasteiger partial charge on any atom is -0.369 e.